The van der Waals surface area contributed by atoms with Crippen molar-refractivity contribution in [2.24, 2.45) is 0 Å². The molecule has 0 bridgehead atoms. The molecule has 0 saturated heterocycles. The van der Waals surface area contributed by atoms with Gasteiger partial charge in [-0.2, -0.15) is 23.0 Å². The van der Waals surface area contributed by atoms with Gasteiger partial charge in [-0.1, -0.05) is 12.1 Å². The van der Waals surface area contributed by atoms with E-state index in [0.717, 1.165) is 29.1 Å². The highest BCUT2D eigenvalue weighted by atomic mass is 32.2. The molecule has 0 radical (unpaired) electrons. The van der Waals surface area contributed by atoms with Gasteiger partial charge in [-0.25, -0.2) is 9.97 Å². The van der Waals surface area contributed by atoms with Gasteiger partial charge in [0.2, 0.25) is 5.91 Å². The van der Waals surface area contributed by atoms with Crippen LogP contribution >= 0.6 is 11.8 Å². The molecule has 1 aromatic carbocycles. The van der Waals surface area contributed by atoms with Crippen LogP contribution in [0.25, 0.3) is 5.95 Å². The molecule has 1 aliphatic rings. The van der Waals surface area contributed by atoms with Crippen molar-refractivity contribution in [2.45, 2.75) is 44.4 Å². The number of nitrogens with zero attached hydrogens (tertiary/aromatic N) is 4. The summed E-state index contributed by atoms with van der Waals surface area (Å²) in [6.45, 7) is 7.25. The zero-order valence-electron chi connectivity index (χ0n) is 17.3. The quantitative estimate of drug-likeness (QED) is 0.613. The molecule has 3 aromatic rings. The number of halogens is 3. The molecule has 4 rings (SSSR count). The third-order valence-electron chi connectivity index (χ3n) is 5.02. The molecule has 10 heteroatoms. The molecule has 2 unspecified atom stereocenters. The third kappa shape index (κ3) is 4.04. The molecule has 0 aliphatic carbocycles. The number of nitrogens with one attached hydrogen (secondary N) is 1. The molecule has 0 fully saturated rings. The monoisotopic (exact) mass is 447 g/mol. The SMILES string of the molecule is Cc1cc(C)nc(-n2nc(C)c3c2NC(=O)C(C)SC3c2ccc(C(F)(F)F)cc2)n1. The van der Waals surface area contributed by atoms with E-state index in [-0.39, 0.29) is 11.2 Å². The van der Waals surface area contributed by atoms with E-state index in [1.807, 2.05) is 19.9 Å². The van der Waals surface area contributed by atoms with E-state index >= 15 is 0 Å². The van der Waals surface area contributed by atoms with Crippen molar-refractivity contribution < 1.29 is 18.0 Å². The maximum atomic E-state index is 13.0. The minimum Gasteiger partial charge on any atom is -0.309 e. The van der Waals surface area contributed by atoms with Crippen molar-refractivity contribution in [3.63, 3.8) is 0 Å². The predicted octanol–water partition coefficient (Wildman–Crippen LogP) is 4.77. The molecule has 0 spiro atoms. The maximum absolute atomic E-state index is 13.0. The first kappa shape index (κ1) is 21.4. The normalized spacial score (nSPS) is 19.0. The number of carbonyl (C=O) groups excluding carboxylic acids is 1. The fourth-order valence-electron chi connectivity index (χ4n) is 3.56. The molecule has 1 amide bonds. The summed E-state index contributed by atoms with van der Waals surface area (Å²) in [4.78, 5) is 21.6. The molecule has 2 atom stereocenters. The van der Waals surface area contributed by atoms with Gasteiger partial charge in [0.15, 0.2) is 0 Å². The standard InChI is InChI=1S/C21H20F3N5OS/c1-10-9-11(2)26-20(25-10)29-18-16(12(3)28-29)17(31-13(4)19(30)27-18)14-5-7-15(8-6-14)21(22,23)24/h5-9,13,17H,1-4H3,(H,27,30). The topological polar surface area (TPSA) is 72.7 Å². The smallest absolute Gasteiger partial charge is 0.309 e. The molecular formula is C21H20F3N5OS. The average molecular weight is 447 g/mol. The third-order valence-corrected chi connectivity index (χ3v) is 6.42. The fourth-order valence-corrected chi connectivity index (χ4v) is 4.89. The summed E-state index contributed by atoms with van der Waals surface area (Å²) >= 11 is 1.37. The number of hydrogen-bond acceptors (Lipinski definition) is 5. The van der Waals surface area contributed by atoms with Gasteiger partial charge in [-0.15, -0.1) is 11.8 Å². The number of aromatic nitrogens is 4. The van der Waals surface area contributed by atoms with Crippen LogP contribution < -0.4 is 5.32 Å². The molecular weight excluding hydrogens is 427 g/mol. The lowest BCUT2D eigenvalue weighted by atomic mass is 10.0. The van der Waals surface area contributed by atoms with Crippen molar-refractivity contribution in [3.8, 4) is 5.95 Å². The minimum atomic E-state index is -4.41. The van der Waals surface area contributed by atoms with Crippen molar-refractivity contribution >= 4 is 23.5 Å². The van der Waals surface area contributed by atoms with E-state index in [2.05, 4.69) is 20.4 Å². The second-order valence-electron chi connectivity index (χ2n) is 7.48. The Labute approximate surface area is 181 Å². The van der Waals surface area contributed by atoms with E-state index < -0.39 is 17.0 Å². The van der Waals surface area contributed by atoms with Crippen LogP contribution in [0.4, 0.5) is 19.0 Å². The van der Waals surface area contributed by atoms with Crippen LogP contribution in [-0.4, -0.2) is 30.9 Å². The number of amides is 1. The van der Waals surface area contributed by atoms with Crippen LogP contribution in [-0.2, 0) is 11.0 Å². The number of rotatable bonds is 2. The molecule has 31 heavy (non-hydrogen) atoms. The van der Waals surface area contributed by atoms with Crippen LogP contribution in [0.15, 0.2) is 30.3 Å². The minimum absolute atomic E-state index is 0.216. The van der Waals surface area contributed by atoms with E-state index in [9.17, 15) is 18.0 Å². The van der Waals surface area contributed by atoms with Crippen molar-refractivity contribution in [2.75, 3.05) is 5.32 Å². The van der Waals surface area contributed by atoms with Gasteiger partial charge in [0.1, 0.15) is 5.82 Å². The Morgan fingerprint density at radius 1 is 1.06 bits per heavy atom. The first-order valence-corrected chi connectivity index (χ1v) is 10.5. The summed E-state index contributed by atoms with van der Waals surface area (Å²) in [7, 11) is 0. The van der Waals surface area contributed by atoms with Crippen molar-refractivity contribution in [1.82, 2.24) is 19.7 Å². The summed E-state index contributed by atoms with van der Waals surface area (Å²) in [6, 6.07) is 6.87. The van der Waals surface area contributed by atoms with Crippen LogP contribution in [0, 0.1) is 20.8 Å². The van der Waals surface area contributed by atoms with Gasteiger partial charge in [-0.3, -0.25) is 4.79 Å². The summed E-state index contributed by atoms with van der Waals surface area (Å²) in [6.07, 6.45) is -4.41. The molecule has 1 N–H and O–H groups in total. The first-order chi connectivity index (χ1) is 14.5. The first-order valence-electron chi connectivity index (χ1n) is 9.60. The number of hydrogen-bond donors (Lipinski definition) is 1. The Balaban J connectivity index is 1.87. The van der Waals surface area contributed by atoms with Crippen LogP contribution in [0.3, 0.4) is 0 Å². The Kier molecular flexibility index (Phi) is 5.28. The summed E-state index contributed by atoms with van der Waals surface area (Å²) in [5, 5.41) is 6.67. The second-order valence-corrected chi connectivity index (χ2v) is 8.93. The van der Waals surface area contributed by atoms with Crippen molar-refractivity contribution in [1.29, 1.82) is 0 Å². The molecule has 3 heterocycles. The number of carbonyl (C=O) groups is 1. The second kappa shape index (κ2) is 7.67. The van der Waals surface area contributed by atoms with Crippen molar-refractivity contribution in [3.05, 3.63) is 64.1 Å². The molecule has 1 aliphatic heterocycles. The van der Waals surface area contributed by atoms with Gasteiger partial charge in [0.05, 0.1) is 21.8 Å². The fraction of sp³-hybridized carbons (Fsp3) is 0.333. The van der Waals surface area contributed by atoms with E-state index in [1.54, 1.807) is 13.8 Å². The summed E-state index contributed by atoms with van der Waals surface area (Å²) in [5.41, 5.74) is 2.83. The van der Waals surface area contributed by atoms with E-state index in [1.165, 1.54) is 28.6 Å². The van der Waals surface area contributed by atoms with Crippen LogP contribution in [0.1, 0.15) is 45.9 Å². The average Bonchev–Trinajstić information content (AvgIpc) is 2.93. The molecule has 6 nitrogen and oxygen atoms in total. The number of anilines is 1. The lowest BCUT2D eigenvalue weighted by Crippen LogP contribution is -2.23. The lowest BCUT2D eigenvalue weighted by Gasteiger charge is -2.18. The number of thioether (sulfide) groups is 1. The van der Waals surface area contributed by atoms with E-state index in [4.69, 9.17) is 0 Å². The molecule has 162 valence electrons. The predicted molar refractivity (Wildman–Crippen MR) is 112 cm³/mol. The van der Waals surface area contributed by atoms with Crippen LogP contribution in [0.2, 0.25) is 0 Å². The maximum Gasteiger partial charge on any atom is 0.416 e. The number of aryl methyl sites for hydroxylation is 3. The van der Waals surface area contributed by atoms with Gasteiger partial charge < -0.3 is 5.32 Å². The highest BCUT2D eigenvalue weighted by molar-refractivity contribution is 8.01. The van der Waals surface area contributed by atoms with Crippen LogP contribution in [0.5, 0.6) is 0 Å². The number of benzene rings is 1. The Morgan fingerprint density at radius 3 is 2.26 bits per heavy atom. The highest BCUT2D eigenvalue weighted by Gasteiger charge is 2.35. The number of alkyl halides is 3. The Bertz CT molecular complexity index is 1140. The zero-order chi connectivity index (χ0) is 22.5. The zero-order valence-corrected chi connectivity index (χ0v) is 18.1. The Hall–Kier alpha value is -2.88. The van der Waals surface area contributed by atoms with Gasteiger partial charge in [0, 0.05) is 17.0 Å². The summed E-state index contributed by atoms with van der Waals surface area (Å²) in [5.74, 6) is 0.549. The van der Waals surface area contributed by atoms with Gasteiger partial charge in [0.25, 0.3) is 5.95 Å². The number of fused-ring (bicyclic) bond motifs is 1. The van der Waals surface area contributed by atoms with Gasteiger partial charge in [-0.05, 0) is 51.5 Å². The molecule has 0 saturated carbocycles. The van der Waals surface area contributed by atoms with Gasteiger partial charge >= 0.3 is 6.18 Å². The molecule has 2 aromatic heterocycles. The lowest BCUT2D eigenvalue weighted by molar-refractivity contribution is -0.137. The summed E-state index contributed by atoms with van der Waals surface area (Å²) < 4.78 is 40.5. The largest absolute Gasteiger partial charge is 0.416 e. The Morgan fingerprint density at radius 2 is 1.68 bits per heavy atom. The van der Waals surface area contributed by atoms with E-state index in [0.29, 0.717) is 23.0 Å². The highest BCUT2D eigenvalue weighted by Crippen LogP contribution is 2.46.